The zero-order valence-corrected chi connectivity index (χ0v) is 13.6. The Morgan fingerprint density at radius 1 is 1.48 bits per heavy atom. The van der Waals surface area contributed by atoms with Crippen LogP contribution in [0.5, 0.6) is 0 Å². The van der Waals surface area contributed by atoms with Crippen LogP contribution < -0.4 is 10.2 Å². The molecule has 0 radical (unpaired) electrons. The number of hydrogen-bond acceptors (Lipinski definition) is 4. The zero-order valence-electron chi connectivity index (χ0n) is 13.6. The fourth-order valence-electron chi connectivity index (χ4n) is 3.02. The summed E-state index contributed by atoms with van der Waals surface area (Å²) in [4.78, 5) is 6.80. The largest absolute Gasteiger partial charge is 0.384 e. The van der Waals surface area contributed by atoms with Crippen LogP contribution in [0.2, 0.25) is 0 Å². The maximum atomic E-state index is 5.34. The van der Waals surface area contributed by atoms with E-state index in [4.69, 9.17) is 4.74 Å². The van der Waals surface area contributed by atoms with Crippen LogP contribution in [0.1, 0.15) is 32.3 Å². The molecule has 1 saturated heterocycles. The van der Waals surface area contributed by atoms with Crippen molar-refractivity contribution in [1.29, 1.82) is 0 Å². The molecule has 4 nitrogen and oxygen atoms in total. The highest BCUT2D eigenvalue weighted by Crippen LogP contribution is 2.26. The predicted octanol–water partition coefficient (Wildman–Crippen LogP) is 2.69. The van der Waals surface area contributed by atoms with Crippen molar-refractivity contribution in [3.8, 4) is 0 Å². The van der Waals surface area contributed by atoms with E-state index in [1.807, 2.05) is 12.4 Å². The number of ether oxygens (including phenoxy) is 1. The summed E-state index contributed by atoms with van der Waals surface area (Å²) in [6, 6.07) is 2.15. The molecular weight excluding hydrogens is 262 g/mol. The number of piperidine rings is 1. The van der Waals surface area contributed by atoms with Gasteiger partial charge in [0.2, 0.25) is 0 Å². The fraction of sp³-hybridized carbons (Fsp3) is 0.706. The molecule has 0 aliphatic carbocycles. The topological polar surface area (TPSA) is 37.4 Å². The number of hydrogen-bond donors (Lipinski definition) is 1. The summed E-state index contributed by atoms with van der Waals surface area (Å²) >= 11 is 0. The minimum Gasteiger partial charge on any atom is -0.384 e. The summed E-state index contributed by atoms with van der Waals surface area (Å²) in [5, 5.41) is 3.53. The zero-order chi connectivity index (χ0) is 15.1. The smallest absolute Gasteiger partial charge is 0.0507 e. The van der Waals surface area contributed by atoms with Crippen LogP contribution in [0.3, 0.4) is 0 Å². The van der Waals surface area contributed by atoms with Gasteiger partial charge in [0, 0.05) is 50.4 Å². The quantitative estimate of drug-likeness (QED) is 0.838. The molecule has 1 aliphatic rings. The molecule has 0 bridgehead atoms. The Morgan fingerprint density at radius 3 is 3.10 bits per heavy atom. The van der Waals surface area contributed by atoms with Gasteiger partial charge in [-0.2, -0.15) is 0 Å². The molecule has 1 atom stereocenters. The van der Waals surface area contributed by atoms with E-state index in [1.54, 1.807) is 7.11 Å². The molecule has 2 rings (SSSR count). The summed E-state index contributed by atoms with van der Waals surface area (Å²) in [7, 11) is 1.80. The van der Waals surface area contributed by atoms with Crippen LogP contribution in [-0.4, -0.2) is 38.3 Å². The predicted molar refractivity (Wildman–Crippen MR) is 87.6 cm³/mol. The summed E-state index contributed by atoms with van der Waals surface area (Å²) in [6.07, 6.45) is 6.43. The van der Waals surface area contributed by atoms with Crippen LogP contribution >= 0.6 is 0 Å². The Balaban J connectivity index is 2.01. The Bertz CT molecular complexity index is 420. The van der Waals surface area contributed by atoms with Gasteiger partial charge in [0.25, 0.3) is 0 Å². The highest BCUT2D eigenvalue weighted by atomic mass is 16.5. The fourth-order valence-corrected chi connectivity index (χ4v) is 3.02. The molecule has 2 heterocycles. The SMILES string of the molecule is COCC1CCCN(c2ccncc2CNCC(C)C)C1. The van der Waals surface area contributed by atoms with E-state index >= 15 is 0 Å². The molecule has 1 fully saturated rings. The van der Waals surface area contributed by atoms with Gasteiger partial charge in [-0.3, -0.25) is 4.98 Å². The third-order valence-electron chi connectivity index (χ3n) is 4.01. The number of pyridine rings is 1. The highest BCUT2D eigenvalue weighted by Gasteiger charge is 2.21. The van der Waals surface area contributed by atoms with E-state index < -0.39 is 0 Å². The lowest BCUT2D eigenvalue weighted by Gasteiger charge is -2.35. The van der Waals surface area contributed by atoms with E-state index in [9.17, 15) is 0 Å². The van der Waals surface area contributed by atoms with Gasteiger partial charge in [-0.05, 0) is 37.3 Å². The average molecular weight is 291 g/mol. The standard InChI is InChI=1S/C17H29N3O/c1-14(2)9-19-11-16-10-18-7-6-17(16)20-8-4-5-15(12-20)13-21-3/h6-7,10,14-15,19H,4-5,8-9,11-13H2,1-3H3. The molecule has 1 N–H and O–H groups in total. The normalized spacial score (nSPS) is 19.2. The highest BCUT2D eigenvalue weighted by molar-refractivity contribution is 5.52. The molecule has 118 valence electrons. The Kier molecular flexibility index (Phi) is 6.46. The molecule has 0 amide bonds. The van der Waals surface area contributed by atoms with E-state index in [2.05, 4.69) is 35.1 Å². The molecule has 0 aromatic carbocycles. The van der Waals surface area contributed by atoms with Gasteiger partial charge < -0.3 is 15.0 Å². The van der Waals surface area contributed by atoms with Gasteiger partial charge in [0.15, 0.2) is 0 Å². The van der Waals surface area contributed by atoms with Gasteiger partial charge in [-0.15, -0.1) is 0 Å². The summed E-state index contributed by atoms with van der Waals surface area (Å²) in [5.74, 6) is 1.32. The van der Waals surface area contributed by atoms with Crippen molar-refractivity contribution in [3.63, 3.8) is 0 Å². The molecule has 1 aliphatic heterocycles. The molecule has 4 heteroatoms. The van der Waals surface area contributed by atoms with Crippen LogP contribution in [-0.2, 0) is 11.3 Å². The van der Waals surface area contributed by atoms with Gasteiger partial charge in [-0.25, -0.2) is 0 Å². The lowest BCUT2D eigenvalue weighted by molar-refractivity contribution is 0.143. The molecule has 1 aromatic rings. The van der Waals surface area contributed by atoms with Crippen molar-refractivity contribution in [2.75, 3.05) is 38.3 Å². The Morgan fingerprint density at radius 2 is 2.33 bits per heavy atom. The van der Waals surface area contributed by atoms with Crippen LogP contribution in [0, 0.1) is 11.8 Å². The van der Waals surface area contributed by atoms with Crippen molar-refractivity contribution < 1.29 is 4.74 Å². The van der Waals surface area contributed by atoms with Crippen LogP contribution in [0.4, 0.5) is 5.69 Å². The van der Waals surface area contributed by atoms with E-state index in [1.165, 1.54) is 24.1 Å². The summed E-state index contributed by atoms with van der Waals surface area (Å²) in [6.45, 7) is 9.50. The van der Waals surface area contributed by atoms with E-state index in [-0.39, 0.29) is 0 Å². The lowest BCUT2D eigenvalue weighted by atomic mass is 9.98. The number of anilines is 1. The third kappa shape index (κ3) is 4.97. The van der Waals surface area contributed by atoms with Crippen LogP contribution in [0.25, 0.3) is 0 Å². The number of nitrogens with zero attached hydrogens (tertiary/aromatic N) is 2. The van der Waals surface area contributed by atoms with Gasteiger partial charge >= 0.3 is 0 Å². The van der Waals surface area contributed by atoms with Crippen molar-refractivity contribution in [2.24, 2.45) is 11.8 Å². The maximum Gasteiger partial charge on any atom is 0.0507 e. The second-order valence-corrected chi connectivity index (χ2v) is 6.44. The number of rotatable bonds is 7. The average Bonchev–Trinajstić information content (AvgIpc) is 2.48. The molecule has 1 unspecified atom stereocenters. The number of nitrogens with one attached hydrogen (secondary N) is 1. The van der Waals surface area contributed by atoms with Crippen molar-refractivity contribution in [3.05, 3.63) is 24.0 Å². The first-order valence-electron chi connectivity index (χ1n) is 8.08. The van der Waals surface area contributed by atoms with Crippen molar-refractivity contribution in [2.45, 2.75) is 33.2 Å². The first-order chi connectivity index (χ1) is 10.2. The second kappa shape index (κ2) is 8.35. The molecule has 0 spiro atoms. The van der Waals surface area contributed by atoms with Crippen LogP contribution in [0.15, 0.2) is 18.5 Å². The second-order valence-electron chi connectivity index (χ2n) is 6.44. The van der Waals surface area contributed by atoms with E-state index in [0.717, 1.165) is 32.8 Å². The molecule has 1 aromatic heterocycles. The summed E-state index contributed by atoms with van der Waals surface area (Å²) < 4.78 is 5.34. The van der Waals surface area contributed by atoms with Crippen molar-refractivity contribution in [1.82, 2.24) is 10.3 Å². The minimum atomic E-state index is 0.647. The maximum absolute atomic E-state index is 5.34. The molecule has 0 saturated carbocycles. The third-order valence-corrected chi connectivity index (χ3v) is 4.01. The molecule has 21 heavy (non-hydrogen) atoms. The Labute approximate surface area is 128 Å². The van der Waals surface area contributed by atoms with Gasteiger partial charge in [0.05, 0.1) is 6.61 Å². The first kappa shape index (κ1) is 16.2. The first-order valence-corrected chi connectivity index (χ1v) is 8.08. The summed E-state index contributed by atoms with van der Waals surface area (Å²) in [5.41, 5.74) is 2.64. The van der Waals surface area contributed by atoms with E-state index in [0.29, 0.717) is 11.8 Å². The minimum absolute atomic E-state index is 0.647. The van der Waals surface area contributed by atoms with Crippen molar-refractivity contribution >= 4 is 5.69 Å². The number of methoxy groups -OCH3 is 1. The lowest BCUT2D eigenvalue weighted by Crippen LogP contribution is -2.38. The van der Waals surface area contributed by atoms with Gasteiger partial charge in [0.1, 0.15) is 0 Å². The molecular formula is C17H29N3O. The number of aromatic nitrogens is 1. The van der Waals surface area contributed by atoms with Gasteiger partial charge in [-0.1, -0.05) is 13.8 Å². The Hall–Kier alpha value is -1.13. The monoisotopic (exact) mass is 291 g/mol.